The molecule has 1 aliphatic rings. The predicted molar refractivity (Wildman–Crippen MR) is 137 cm³/mol. The van der Waals surface area contributed by atoms with E-state index in [1.807, 2.05) is 54.8 Å². The fourth-order valence-corrected chi connectivity index (χ4v) is 4.85. The Balaban J connectivity index is 1.44. The van der Waals surface area contributed by atoms with E-state index in [2.05, 4.69) is 34.5 Å². The average molecular weight is 459 g/mol. The van der Waals surface area contributed by atoms with E-state index in [-0.39, 0.29) is 17.8 Å². The minimum atomic E-state index is -0.0861. The van der Waals surface area contributed by atoms with E-state index < -0.39 is 0 Å². The molecule has 0 unspecified atom stereocenters. The second kappa shape index (κ2) is 11.1. The number of aryl methyl sites for hydroxylation is 1. The molecule has 1 aromatic heterocycles. The van der Waals surface area contributed by atoms with Crippen molar-refractivity contribution in [3.63, 3.8) is 0 Å². The number of benzene rings is 2. The van der Waals surface area contributed by atoms with Crippen LogP contribution in [0.2, 0.25) is 0 Å². The molecular formula is C27H30N4OS. The van der Waals surface area contributed by atoms with Crippen LogP contribution in [0, 0.1) is 12.3 Å². The number of carbonyl (C=O) groups is 1. The minimum absolute atomic E-state index is 0.0160. The van der Waals surface area contributed by atoms with Gasteiger partial charge < -0.3 is 5.32 Å². The van der Waals surface area contributed by atoms with Gasteiger partial charge in [-0.15, -0.1) is 11.3 Å². The Kier molecular flexibility index (Phi) is 7.70. The quantitative estimate of drug-likeness (QED) is 0.349. The van der Waals surface area contributed by atoms with E-state index in [4.69, 9.17) is 5.41 Å². The third-order valence-corrected chi connectivity index (χ3v) is 6.86. The first-order chi connectivity index (χ1) is 16.1. The Morgan fingerprint density at radius 2 is 1.82 bits per heavy atom. The van der Waals surface area contributed by atoms with Crippen molar-refractivity contribution >= 4 is 28.8 Å². The largest absolute Gasteiger partial charge is 0.361 e. The van der Waals surface area contributed by atoms with Gasteiger partial charge >= 0.3 is 0 Å². The van der Waals surface area contributed by atoms with Gasteiger partial charge in [0.2, 0.25) is 0 Å². The van der Waals surface area contributed by atoms with Crippen LogP contribution >= 0.6 is 11.3 Å². The number of thiophene rings is 1. The Bertz CT molecular complexity index is 1090. The second-order valence-electron chi connectivity index (χ2n) is 8.32. The number of nitrogens with zero attached hydrogens (tertiary/aromatic N) is 2. The molecule has 5 nitrogen and oxygen atoms in total. The third-order valence-electron chi connectivity index (χ3n) is 6.01. The molecule has 0 radical (unpaired) electrons. The summed E-state index contributed by atoms with van der Waals surface area (Å²) in [7, 11) is 0. The first-order valence-corrected chi connectivity index (χ1v) is 12.2. The van der Waals surface area contributed by atoms with Crippen LogP contribution in [0.4, 0.5) is 5.69 Å². The number of piperidine rings is 1. The second-order valence-corrected chi connectivity index (χ2v) is 9.27. The average Bonchev–Trinajstić information content (AvgIpc) is 3.37. The molecule has 0 aliphatic carbocycles. The van der Waals surface area contributed by atoms with Gasteiger partial charge in [-0.2, -0.15) is 0 Å². The molecule has 0 saturated carbocycles. The summed E-state index contributed by atoms with van der Waals surface area (Å²) in [5.74, 6) is 0.132. The Morgan fingerprint density at radius 3 is 2.52 bits per heavy atom. The highest BCUT2D eigenvalue weighted by atomic mass is 32.1. The van der Waals surface area contributed by atoms with E-state index in [0.29, 0.717) is 4.88 Å². The summed E-state index contributed by atoms with van der Waals surface area (Å²) < 4.78 is 0. The molecule has 170 valence electrons. The third kappa shape index (κ3) is 5.97. The van der Waals surface area contributed by atoms with Crippen LogP contribution in [0.15, 0.2) is 84.4 Å². The standard InChI is InChI=1S/C27H30N4OS/c1-21-8-5-6-11-24(21)29-16-13-26(28)31(27(32)25-12-7-19-33-25)23-14-17-30(18-15-23)20-22-9-3-2-4-10-22/h2-13,16,19,23,28-29H,14-15,17-18,20H2,1H3/b16-13-,28-26?. The molecule has 0 atom stereocenters. The van der Waals surface area contributed by atoms with Crippen molar-refractivity contribution in [3.05, 3.63) is 100 Å². The van der Waals surface area contributed by atoms with Gasteiger partial charge in [-0.3, -0.25) is 20.0 Å². The molecule has 2 N–H and O–H groups in total. The molecule has 1 amide bonds. The predicted octanol–water partition coefficient (Wildman–Crippen LogP) is 5.77. The first kappa shape index (κ1) is 23.0. The Labute approximate surface area is 199 Å². The molecule has 1 aliphatic heterocycles. The molecule has 33 heavy (non-hydrogen) atoms. The highest BCUT2D eigenvalue weighted by Crippen LogP contribution is 2.23. The molecule has 0 spiro atoms. The maximum absolute atomic E-state index is 13.3. The zero-order valence-electron chi connectivity index (χ0n) is 18.9. The molecule has 2 heterocycles. The maximum atomic E-state index is 13.3. The molecule has 2 aromatic carbocycles. The maximum Gasteiger partial charge on any atom is 0.269 e. The summed E-state index contributed by atoms with van der Waals surface area (Å²) >= 11 is 1.43. The van der Waals surface area contributed by atoms with Crippen LogP contribution in [-0.4, -0.2) is 40.7 Å². The van der Waals surface area contributed by atoms with E-state index in [9.17, 15) is 4.79 Å². The molecule has 1 saturated heterocycles. The highest BCUT2D eigenvalue weighted by molar-refractivity contribution is 7.12. The lowest BCUT2D eigenvalue weighted by Crippen LogP contribution is -2.49. The van der Waals surface area contributed by atoms with Crippen LogP contribution in [0.3, 0.4) is 0 Å². The van der Waals surface area contributed by atoms with E-state index in [1.165, 1.54) is 16.9 Å². The number of carbonyl (C=O) groups excluding carboxylic acids is 1. The first-order valence-electron chi connectivity index (χ1n) is 11.3. The van der Waals surface area contributed by atoms with Crippen molar-refractivity contribution in [1.82, 2.24) is 9.80 Å². The summed E-state index contributed by atoms with van der Waals surface area (Å²) in [6.45, 7) is 4.78. The molecule has 0 bridgehead atoms. The number of hydrogen-bond donors (Lipinski definition) is 2. The fraction of sp³-hybridized carbons (Fsp3) is 0.259. The zero-order valence-corrected chi connectivity index (χ0v) is 19.7. The molecular weight excluding hydrogens is 428 g/mol. The zero-order chi connectivity index (χ0) is 23.0. The van der Waals surface area contributed by atoms with Gasteiger partial charge in [0, 0.05) is 37.6 Å². The number of amides is 1. The van der Waals surface area contributed by atoms with E-state index in [0.717, 1.165) is 43.7 Å². The summed E-state index contributed by atoms with van der Waals surface area (Å²) in [6, 6.07) is 22.2. The Hall–Kier alpha value is -3.22. The van der Waals surface area contributed by atoms with Crippen molar-refractivity contribution in [1.29, 1.82) is 5.41 Å². The van der Waals surface area contributed by atoms with Gasteiger partial charge in [-0.1, -0.05) is 54.6 Å². The van der Waals surface area contributed by atoms with Crippen LogP contribution in [0.5, 0.6) is 0 Å². The number of para-hydroxylation sites is 1. The van der Waals surface area contributed by atoms with Crippen molar-refractivity contribution < 1.29 is 4.79 Å². The number of amidine groups is 1. The lowest BCUT2D eigenvalue weighted by atomic mass is 10.0. The number of nitrogens with one attached hydrogen (secondary N) is 2. The lowest BCUT2D eigenvalue weighted by Gasteiger charge is -2.38. The normalized spacial score (nSPS) is 14.9. The topological polar surface area (TPSA) is 59.4 Å². The summed E-state index contributed by atoms with van der Waals surface area (Å²) in [6.07, 6.45) is 5.15. The molecule has 4 rings (SSSR count). The van der Waals surface area contributed by atoms with Gasteiger partial charge in [0.05, 0.1) is 4.88 Å². The van der Waals surface area contributed by atoms with Crippen molar-refractivity contribution in [2.75, 3.05) is 18.4 Å². The van der Waals surface area contributed by atoms with Gasteiger partial charge in [0.15, 0.2) is 0 Å². The van der Waals surface area contributed by atoms with Crippen LogP contribution in [-0.2, 0) is 6.54 Å². The SMILES string of the molecule is Cc1ccccc1N/C=C\C(=N)N(C(=O)c1cccs1)C1CCN(Cc2ccccc2)CC1. The smallest absolute Gasteiger partial charge is 0.269 e. The van der Waals surface area contributed by atoms with Gasteiger partial charge in [0.25, 0.3) is 5.91 Å². The van der Waals surface area contributed by atoms with E-state index in [1.54, 1.807) is 17.2 Å². The molecule has 6 heteroatoms. The highest BCUT2D eigenvalue weighted by Gasteiger charge is 2.31. The van der Waals surface area contributed by atoms with Gasteiger partial charge in [-0.25, -0.2) is 0 Å². The van der Waals surface area contributed by atoms with Crippen molar-refractivity contribution in [2.24, 2.45) is 0 Å². The molecule has 1 fully saturated rings. The van der Waals surface area contributed by atoms with E-state index >= 15 is 0 Å². The number of anilines is 1. The number of rotatable bonds is 7. The van der Waals surface area contributed by atoms with Gasteiger partial charge in [0.1, 0.15) is 5.84 Å². The lowest BCUT2D eigenvalue weighted by molar-refractivity contribution is 0.0734. The summed E-state index contributed by atoms with van der Waals surface area (Å²) in [5.41, 5.74) is 3.43. The van der Waals surface area contributed by atoms with Crippen molar-refractivity contribution in [2.45, 2.75) is 32.4 Å². The molecule has 3 aromatic rings. The van der Waals surface area contributed by atoms with Crippen molar-refractivity contribution in [3.8, 4) is 0 Å². The van der Waals surface area contributed by atoms with Gasteiger partial charge in [-0.05, 0) is 54.5 Å². The summed E-state index contributed by atoms with van der Waals surface area (Å²) in [5, 5.41) is 13.9. The number of hydrogen-bond acceptors (Lipinski definition) is 5. The fourth-order valence-electron chi connectivity index (χ4n) is 4.19. The Morgan fingerprint density at radius 1 is 1.09 bits per heavy atom. The van der Waals surface area contributed by atoms with Crippen LogP contribution in [0.25, 0.3) is 0 Å². The van der Waals surface area contributed by atoms with Crippen LogP contribution < -0.4 is 5.32 Å². The minimum Gasteiger partial charge on any atom is -0.361 e. The van der Waals surface area contributed by atoms with Crippen LogP contribution in [0.1, 0.15) is 33.6 Å². The summed E-state index contributed by atoms with van der Waals surface area (Å²) in [4.78, 5) is 18.1. The number of likely N-dealkylation sites (tertiary alicyclic amines) is 1. The monoisotopic (exact) mass is 458 g/mol.